The monoisotopic (exact) mass is 179 g/mol. The van der Waals surface area contributed by atoms with Gasteiger partial charge in [0.15, 0.2) is 0 Å². The second-order valence-corrected chi connectivity index (χ2v) is 2.68. The maximum atomic E-state index is 12.5. The molecule has 0 unspecified atom stereocenters. The van der Waals surface area contributed by atoms with Crippen LogP contribution in [-0.2, 0) is 0 Å². The van der Waals surface area contributed by atoms with E-state index in [1.165, 1.54) is 18.3 Å². The smallest absolute Gasteiger partial charge is 0.123 e. The standard InChI is InChI=1S/C10H10FNO/c1-8(7-12-13)6-9-2-4-10(11)5-3-9/h2-7,13H,1H3/b8-6+,12-7+. The molecule has 0 saturated carbocycles. The first-order chi connectivity index (χ1) is 6.22. The highest BCUT2D eigenvalue weighted by Crippen LogP contribution is 2.06. The summed E-state index contributed by atoms with van der Waals surface area (Å²) in [4.78, 5) is 0. The van der Waals surface area contributed by atoms with Gasteiger partial charge in [0.25, 0.3) is 0 Å². The first-order valence-electron chi connectivity index (χ1n) is 3.83. The molecule has 3 heteroatoms. The Hall–Kier alpha value is -1.64. The lowest BCUT2D eigenvalue weighted by molar-refractivity contribution is 0.321. The summed E-state index contributed by atoms with van der Waals surface area (Å²) in [6.07, 6.45) is 3.11. The molecule has 1 N–H and O–H groups in total. The number of hydrogen-bond acceptors (Lipinski definition) is 2. The van der Waals surface area contributed by atoms with E-state index < -0.39 is 0 Å². The molecule has 1 aromatic rings. The van der Waals surface area contributed by atoms with Crippen molar-refractivity contribution in [1.29, 1.82) is 0 Å². The number of hydrogen-bond donors (Lipinski definition) is 1. The Kier molecular flexibility index (Phi) is 3.20. The van der Waals surface area contributed by atoms with E-state index in [-0.39, 0.29) is 5.82 Å². The lowest BCUT2D eigenvalue weighted by Crippen LogP contribution is -1.79. The Labute approximate surface area is 76.0 Å². The average Bonchev–Trinajstić information content (AvgIpc) is 2.09. The van der Waals surface area contributed by atoms with Gasteiger partial charge in [0.2, 0.25) is 0 Å². The second kappa shape index (κ2) is 4.40. The van der Waals surface area contributed by atoms with Gasteiger partial charge < -0.3 is 5.21 Å². The lowest BCUT2D eigenvalue weighted by atomic mass is 10.1. The van der Waals surface area contributed by atoms with Crippen LogP contribution in [0.3, 0.4) is 0 Å². The minimum absolute atomic E-state index is 0.259. The third kappa shape index (κ3) is 3.07. The summed E-state index contributed by atoms with van der Waals surface area (Å²) >= 11 is 0. The molecular formula is C10H10FNO. The molecule has 68 valence electrons. The summed E-state index contributed by atoms with van der Waals surface area (Å²) in [6, 6.07) is 6.08. The summed E-state index contributed by atoms with van der Waals surface area (Å²) in [6.45, 7) is 1.79. The van der Waals surface area contributed by atoms with Gasteiger partial charge in [-0.2, -0.15) is 0 Å². The summed E-state index contributed by atoms with van der Waals surface area (Å²) in [5.41, 5.74) is 1.67. The minimum atomic E-state index is -0.259. The van der Waals surface area contributed by atoms with Crippen molar-refractivity contribution in [3.63, 3.8) is 0 Å². The Morgan fingerprint density at radius 3 is 2.54 bits per heavy atom. The first kappa shape index (κ1) is 9.45. The normalized spacial score (nSPS) is 12.3. The Balaban J connectivity index is 2.85. The topological polar surface area (TPSA) is 32.6 Å². The average molecular weight is 179 g/mol. The summed E-state index contributed by atoms with van der Waals surface area (Å²) in [5, 5.41) is 11.1. The van der Waals surface area contributed by atoms with E-state index in [2.05, 4.69) is 5.16 Å². The molecule has 0 aromatic heterocycles. The van der Waals surface area contributed by atoms with E-state index in [4.69, 9.17) is 5.21 Å². The molecule has 0 saturated heterocycles. The molecule has 0 heterocycles. The van der Waals surface area contributed by atoms with Crippen LogP contribution in [0.2, 0.25) is 0 Å². The molecule has 0 aliphatic carbocycles. The van der Waals surface area contributed by atoms with Gasteiger partial charge in [0, 0.05) is 0 Å². The minimum Gasteiger partial charge on any atom is -0.411 e. The maximum absolute atomic E-state index is 12.5. The van der Waals surface area contributed by atoms with E-state index >= 15 is 0 Å². The fraction of sp³-hybridized carbons (Fsp3) is 0.100. The van der Waals surface area contributed by atoms with Gasteiger partial charge in [0.05, 0.1) is 6.21 Å². The molecule has 0 amide bonds. The van der Waals surface area contributed by atoms with Crippen molar-refractivity contribution in [2.45, 2.75) is 6.92 Å². The fourth-order valence-corrected chi connectivity index (χ4v) is 0.950. The van der Waals surface area contributed by atoms with Crippen molar-refractivity contribution in [3.05, 3.63) is 41.2 Å². The molecule has 0 aliphatic rings. The zero-order valence-corrected chi connectivity index (χ0v) is 7.24. The van der Waals surface area contributed by atoms with Crippen molar-refractivity contribution in [1.82, 2.24) is 0 Å². The second-order valence-electron chi connectivity index (χ2n) is 2.68. The number of oxime groups is 1. The van der Waals surface area contributed by atoms with Crippen LogP contribution < -0.4 is 0 Å². The van der Waals surface area contributed by atoms with Crippen LogP contribution in [-0.4, -0.2) is 11.4 Å². The Morgan fingerprint density at radius 2 is 2.00 bits per heavy atom. The van der Waals surface area contributed by atoms with Crippen LogP contribution in [0.25, 0.3) is 6.08 Å². The first-order valence-corrected chi connectivity index (χ1v) is 3.83. The maximum Gasteiger partial charge on any atom is 0.123 e. The fourth-order valence-electron chi connectivity index (χ4n) is 0.950. The van der Waals surface area contributed by atoms with E-state index in [0.717, 1.165) is 11.1 Å². The van der Waals surface area contributed by atoms with E-state index in [1.54, 1.807) is 25.1 Å². The highest BCUT2D eigenvalue weighted by Gasteiger charge is 1.90. The summed E-state index contributed by atoms with van der Waals surface area (Å²) in [7, 11) is 0. The van der Waals surface area contributed by atoms with Crippen molar-refractivity contribution < 1.29 is 9.60 Å². The molecule has 13 heavy (non-hydrogen) atoms. The van der Waals surface area contributed by atoms with Crippen molar-refractivity contribution >= 4 is 12.3 Å². The highest BCUT2D eigenvalue weighted by molar-refractivity contribution is 5.84. The third-order valence-electron chi connectivity index (χ3n) is 1.53. The molecule has 2 nitrogen and oxygen atoms in total. The summed E-state index contributed by atoms with van der Waals surface area (Å²) < 4.78 is 12.5. The van der Waals surface area contributed by atoms with Gasteiger partial charge in [-0.3, -0.25) is 0 Å². The van der Waals surface area contributed by atoms with Gasteiger partial charge in [-0.1, -0.05) is 23.4 Å². The van der Waals surface area contributed by atoms with Gasteiger partial charge in [-0.15, -0.1) is 0 Å². The molecule has 0 fully saturated rings. The SMILES string of the molecule is CC(/C=N/O)=C\c1ccc(F)cc1. The van der Waals surface area contributed by atoms with Crippen molar-refractivity contribution in [2.75, 3.05) is 0 Å². The van der Waals surface area contributed by atoms with Gasteiger partial charge in [0.1, 0.15) is 5.82 Å². The van der Waals surface area contributed by atoms with Crippen LogP contribution in [0, 0.1) is 5.82 Å². The number of benzene rings is 1. The largest absolute Gasteiger partial charge is 0.411 e. The quantitative estimate of drug-likeness (QED) is 0.422. The van der Waals surface area contributed by atoms with Crippen LogP contribution in [0.1, 0.15) is 12.5 Å². The number of halogens is 1. The highest BCUT2D eigenvalue weighted by atomic mass is 19.1. The van der Waals surface area contributed by atoms with E-state index in [1.807, 2.05) is 0 Å². The molecule has 0 atom stereocenters. The number of rotatable bonds is 2. The van der Waals surface area contributed by atoms with Crippen LogP contribution in [0.4, 0.5) is 4.39 Å². The number of nitrogens with zero attached hydrogens (tertiary/aromatic N) is 1. The lowest BCUT2D eigenvalue weighted by Gasteiger charge is -1.93. The Morgan fingerprint density at radius 1 is 1.38 bits per heavy atom. The third-order valence-corrected chi connectivity index (χ3v) is 1.53. The Bertz CT molecular complexity index is 327. The van der Waals surface area contributed by atoms with Crippen molar-refractivity contribution in [3.8, 4) is 0 Å². The van der Waals surface area contributed by atoms with E-state index in [9.17, 15) is 4.39 Å². The van der Waals surface area contributed by atoms with Gasteiger partial charge in [-0.25, -0.2) is 4.39 Å². The van der Waals surface area contributed by atoms with Crippen LogP contribution >= 0.6 is 0 Å². The predicted octanol–water partition coefficient (Wildman–Crippen LogP) is 2.69. The van der Waals surface area contributed by atoms with E-state index in [0.29, 0.717) is 0 Å². The summed E-state index contributed by atoms with van der Waals surface area (Å²) in [5.74, 6) is -0.259. The molecule has 0 aliphatic heterocycles. The van der Waals surface area contributed by atoms with Crippen LogP contribution in [0.15, 0.2) is 35.0 Å². The molecule has 0 bridgehead atoms. The zero-order valence-electron chi connectivity index (χ0n) is 7.24. The van der Waals surface area contributed by atoms with Gasteiger partial charge in [-0.05, 0) is 30.2 Å². The predicted molar refractivity (Wildman–Crippen MR) is 50.3 cm³/mol. The number of allylic oxidation sites excluding steroid dienone is 1. The van der Waals surface area contributed by atoms with Crippen molar-refractivity contribution in [2.24, 2.45) is 5.16 Å². The molecule has 1 aromatic carbocycles. The molecular weight excluding hydrogens is 169 g/mol. The molecule has 1 rings (SSSR count). The molecule has 0 spiro atoms. The molecule has 0 radical (unpaired) electrons. The van der Waals surface area contributed by atoms with Gasteiger partial charge >= 0.3 is 0 Å². The van der Waals surface area contributed by atoms with Crippen LogP contribution in [0.5, 0.6) is 0 Å². The zero-order chi connectivity index (χ0) is 9.68.